The Bertz CT molecular complexity index is 932. The minimum absolute atomic E-state index is 0.304. The maximum absolute atomic E-state index is 12.3. The lowest BCUT2D eigenvalue weighted by atomic mass is 10.1. The Morgan fingerprint density at radius 2 is 1.83 bits per heavy atom. The number of hydrogen-bond acceptors (Lipinski definition) is 7. The first kappa shape index (κ1) is 21.4. The van der Waals surface area contributed by atoms with Crippen LogP contribution in [0.4, 0.5) is 0 Å². The normalized spacial score (nSPS) is 16.7. The molecule has 2 heterocycles. The number of piperazine rings is 1. The lowest BCUT2D eigenvalue weighted by Gasteiger charge is -2.35. The second-order valence-electron chi connectivity index (χ2n) is 7.62. The smallest absolute Gasteiger partial charge is 0.240 e. The molecule has 3 rings (SSSR count). The first-order valence-electron chi connectivity index (χ1n) is 9.83. The summed E-state index contributed by atoms with van der Waals surface area (Å²) in [6.45, 7) is 6.94. The third-order valence-corrected chi connectivity index (χ3v) is 6.80. The maximum Gasteiger partial charge on any atom is 0.240 e. The molecule has 1 unspecified atom stereocenters. The summed E-state index contributed by atoms with van der Waals surface area (Å²) >= 11 is 0. The number of aryl methyl sites for hydroxylation is 2. The van der Waals surface area contributed by atoms with Gasteiger partial charge in [0.15, 0.2) is 9.84 Å². The Balaban J connectivity index is 1.42. The van der Waals surface area contributed by atoms with E-state index in [1.165, 1.54) is 12.5 Å². The van der Waals surface area contributed by atoms with E-state index in [2.05, 4.69) is 15.0 Å². The van der Waals surface area contributed by atoms with Crippen molar-refractivity contribution in [2.24, 2.45) is 0 Å². The Kier molecular flexibility index (Phi) is 6.69. The van der Waals surface area contributed by atoms with Gasteiger partial charge in [0.25, 0.3) is 0 Å². The first-order chi connectivity index (χ1) is 13.7. The molecule has 2 aromatic rings. The molecule has 0 radical (unpaired) electrons. The number of benzene rings is 1. The highest BCUT2D eigenvalue weighted by Gasteiger charge is 2.30. The van der Waals surface area contributed by atoms with Gasteiger partial charge in [-0.3, -0.25) is 9.69 Å². The van der Waals surface area contributed by atoms with Gasteiger partial charge in [-0.2, -0.15) is 4.98 Å². The molecule has 0 N–H and O–H groups in total. The average molecular weight is 421 g/mol. The van der Waals surface area contributed by atoms with E-state index in [0.29, 0.717) is 31.2 Å². The molecule has 8 nitrogen and oxygen atoms in total. The van der Waals surface area contributed by atoms with Crippen molar-refractivity contribution in [3.05, 3.63) is 35.7 Å². The quantitative estimate of drug-likeness (QED) is 0.670. The lowest BCUT2D eigenvalue weighted by Crippen LogP contribution is -2.52. The molecule has 9 heteroatoms. The van der Waals surface area contributed by atoms with E-state index in [4.69, 9.17) is 4.52 Å². The van der Waals surface area contributed by atoms with Crippen molar-refractivity contribution in [1.82, 2.24) is 19.9 Å². The Morgan fingerprint density at radius 1 is 1.17 bits per heavy atom. The highest BCUT2D eigenvalue weighted by atomic mass is 32.2. The molecule has 1 aromatic heterocycles. The van der Waals surface area contributed by atoms with E-state index in [1.807, 2.05) is 31.2 Å². The lowest BCUT2D eigenvalue weighted by molar-refractivity contribution is -0.132. The minimum Gasteiger partial charge on any atom is -0.339 e. The topological polar surface area (TPSA) is 96.6 Å². The predicted molar refractivity (Wildman–Crippen MR) is 110 cm³/mol. The highest BCUT2D eigenvalue weighted by Crippen LogP contribution is 2.17. The van der Waals surface area contributed by atoms with Gasteiger partial charge in [-0.1, -0.05) is 35.0 Å². The molecule has 1 saturated heterocycles. The Morgan fingerprint density at radius 3 is 2.45 bits per heavy atom. The minimum atomic E-state index is -3.36. The second kappa shape index (κ2) is 9.04. The molecule has 0 spiro atoms. The molecule has 158 valence electrons. The largest absolute Gasteiger partial charge is 0.339 e. The predicted octanol–water partition coefficient (Wildman–Crippen LogP) is 1.55. The zero-order valence-corrected chi connectivity index (χ0v) is 18.0. The van der Waals surface area contributed by atoms with Crippen LogP contribution in [0.25, 0.3) is 11.4 Å². The van der Waals surface area contributed by atoms with Crippen LogP contribution in [0.1, 0.15) is 24.8 Å². The molecule has 1 fully saturated rings. The number of carbonyl (C=O) groups is 1. The van der Waals surface area contributed by atoms with Gasteiger partial charge in [-0.15, -0.1) is 0 Å². The second-order valence-corrected chi connectivity index (χ2v) is 9.99. The number of rotatable bonds is 7. The fourth-order valence-electron chi connectivity index (χ4n) is 3.26. The molecular formula is C20H28N4O4S. The molecule has 1 aromatic carbocycles. The van der Waals surface area contributed by atoms with E-state index >= 15 is 0 Å². The van der Waals surface area contributed by atoms with Gasteiger partial charge in [0.1, 0.15) is 5.25 Å². The van der Waals surface area contributed by atoms with Crippen molar-refractivity contribution in [2.45, 2.75) is 31.9 Å². The van der Waals surface area contributed by atoms with Crippen LogP contribution in [0.15, 0.2) is 28.8 Å². The summed E-state index contributed by atoms with van der Waals surface area (Å²) in [4.78, 5) is 20.7. The summed E-state index contributed by atoms with van der Waals surface area (Å²) in [5.41, 5.74) is 2.12. The zero-order valence-electron chi connectivity index (χ0n) is 17.2. The van der Waals surface area contributed by atoms with Gasteiger partial charge in [-0.05, 0) is 26.8 Å². The van der Waals surface area contributed by atoms with Crippen LogP contribution < -0.4 is 0 Å². The van der Waals surface area contributed by atoms with Crippen LogP contribution in [0.5, 0.6) is 0 Å². The van der Waals surface area contributed by atoms with Crippen molar-refractivity contribution in [1.29, 1.82) is 0 Å². The summed E-state index contributed by atoms with van der Waals surface area (Å²) in [5.74, 6) is 0.921. The highest BCUT2D eigenvalue weighted by molar-refractivity contribution is 7.92. The molecule has 29 heavy (non-hydrogen) atoms. The standard InChI is InChI=1S/C20H28N4O4S/c1-15-6-8-17(9-7-15)19-21-18(28-22-19)5-4-10-23-11-13-24(14-12-23)20(25)16(2)29(3,26)27/h6-9,16H,4-5,10-14H2,1-3H3. The number of hydrogen-bond donors (Lipinski definition) is 0. The molecule has 0 aliphatic carbocycles. The summed E-state index contributed by atoms with van der Waals surface area (Å²) in [6, 6.07) is 8.00. The van der Waals surface area contributed by atoms with Crippen molar-refractivity contribution >= 4 is 15.7 Å². The fraction of sp³-hybridized carbons (Fsp3) is 0.550. The van der Waals surface area contributed by atoms with Crippen LogP contribution in [-0.4, -0.2) is 78.5 Å². The van der Waals surface area contributed by atoms with Crippen LogP contribution in [0.3, 0.4) is 0 Å². The molecule has 1 atom stereocenters. The third kappa shape index (κ3) is 5.63. The van der Waals surface area contributed by atoms with E-state index < -0.39 is 15.1 Å². The summed E-state index contributed by atoms with van der Waals surface area (Å²) in [6.07, 6.45) is 2.68. The average Bonchev–Trinajstić information content (AvgIpc) is 3.16. The molecule has 1 amide bonds. The van der Waals surface area contributed by atoms with E-state index in [9.17, 15) is 13.2 Å². The third-order valence-electron chi connectivity index (χ3n) is 5.32. The van der Waals surface area contributed by atoms with Gasteiger partial charge in [0.2, 0.25) is 17.6 Å². The molecule has 0 bridgehead atoms. The van der Waals surface area contributed by atoms with E-state index in [1.54, 1.807) is 4.90 Å². The van der Waals surface area contributed by atoms with Crippen molar-refractivity contribution in [3.63, 3.8) is 0 Å². The van der Waals surface area contributed by atoms with Crippen molar-refractivity contribution < 1.29 is 17.7 Å². The Labute approximate surface area is 171 Å². The number of sulfone groups is 1. The number of carbonyl (C=O) groups excluding carboxylic acids is 1. The van der Waals surface area contributed by atoms with Crippen LogP contribution in [0.2, 0.25) is 0 Å². The van der Waals surface area contributed by atoms with Crippen LogP contribution in [0, 0.1) is 6.92 Å². The molecule has 1 aliphatic heterocycles. The summed E-state index contributed by atoms with van der Waals surface area (Å²) < 4.78 is 28.5. The fourth-order valence-corrected chi connectivity index (χ4v) is 3.78. The van der Waals surface area contributed by atoms with Gasteiger partial charge >= 0.3 is 0 Å². The van der Waals surface area contributed by atoms with E-state index in [-0.39, 0.29) is 5.91 Å². The van der Waals surface area contributed by atoms with Crippen LogP contribution >= 0.6 is 0 Å². The SMILES string of the molecule is Cc1ccc(-c2noc(CCCN3CCN(C(=O)C(C)S(C)(=O)=O)CC3)n2)cc1. The maximum atomic E-state index is 12.3. The van der Waals surface area contributed by atoms with Gasteiger partial charge < -0.3 is 9.42 Å². The number of amides is 1. The summed E-state index contributed by atoms with van der Waals surface area (Å²) in [7, 11) is -3.36. The summed E-state index contributed by atoms with van der Waals surface area (Å²) in [5, 5.41) is 3.08. The first-order valence-corrected chi connectivity index (χ1v) is 11.8. The number of nitrogens with zero attached hydrogens (tertiary/aromatic N) is 4. The van der Waals surface area contributed by atoms with Crippen molar-refractivity contribution in [2.75, 3.05) is 39.0 Å². The molecular weight excluding hydrogens is 392 g/mol. The molecule has 0 saturated carbocycles. The molecule has 1 aliphatic rings. The Hall–Kier alpha value is -2.26. The van der Waals surface area contributed by atoms with Crippen molar-refractivity contribution in [3.8, 4) is 11.4 Å². The van der Waals surface area contributed by atoms with E-state index in [0.717, 1.165) is 37.9 Å². The number of aromatic nitrogens is 2. The zero-order chi connectivity index (χ0) is 21.0. The monoisotopic (exact) mass is 420 g/mol. The van der Waals surface area contributed by atoms with Gasteiger partial charge in [0, 0.05) is 44.4 Å². The van der Waals surface area contributed by atoms with Crippen LogP contribution in [-0.2, 0) is 21.1 Å². The van der Waals surface area contributed by atoms with Gasteiger partial charge in [0.05, 0.1) is 0 Å². The van der Waals surface area contributed by atoms with Gasteiger partial charge in [-0.25, -0.2) is 8.42 Å².